The third-order valence-corrected chi connectivity index (χ3v) is 6.05. The molecular weight excluding hydrogens is 326 g/mol. The lowest BCUT2D eigenvalue weighted by Crippen LogP contribution is -2.41. The normalized spacial score (nSPS) is 26.5. The van der Waals surface area contributed by atoms with E-state index < -0.39 is 0 Å². The lowest BCUT2D eigenvalue weighted by atomic mass is 9.92. The van der Waals surface area contributed by atoms with Gasteiger partial charge in [-0.1, -0.05) is 24.3 Å². The van der Waals surface area contributed by atoms with Gasteiger partial charge in [0.25, 0.3) is 0 Å². The number of ether oxygens (including phenoxy) is 1. The molecule has 4 rings (SSSR count). The molecule has 0 bridgehead atoms. The Kier molecular flexibility index (Phi) is 4.86. The molecule has 1 saturated carbocycles. The van der Waals surface area contributed by atoms with E-state index >= 15 is 0 Å². The number of hydrogen-bond acceptors (Lipinski definition) is 3. The maximum Gasteiger partial charge on any atom is 0.226 e. The van der Waals surface area contributed by atoms with Crippen molar-refractivity contribution in [1.29, 1.82) is 0 Å². The number of aliphatic hydroxyl groups is 1. The van der Waals surface area contributed by atoms with Crippen LogP contribution in [-0.2, 0) is 11.2 Å². The monoisotopic (exact) mass is 353 g/mol. The molecule has 4 heteroatoms. The summed E-state index contributed by atoms with van der Waals surface area (Å²) in [6.07, 6.45) is 5.12. The van der Waals surface area contributed by atoms with E-state index in [-0.39, 0.29) is 12.0 Å². The van der Waals surface area contributed by atoms with Crippen LogP contribution in [0.25, 0.3) is 10.8 Å². The summed E-state index contributed by atoms with van der Waals surface area (Å²) in [5.74, 6) is 1.27. The maximum absolute atomic E-state index is 12.9. The Bertz CT molecular complexity index is 795. The molecule has 1 heterocycles. The quantitative estimate of drug-likeness (QED) is 0.915. The Morgan fingerprint density at radius 3 is 2.54 bits per heavy atom. The van der Waals surface area contributed by atoms with Gasteiger partial charge in [-0.15, -0.1) is 0 Å². The van der Waals surface area contributed by atoms with Gasteiger partial charge in [0.1, 0.15) is 5.75 Å². The molecule has 1 unspecified atom stereocenters. The second-order valence-electron chi connectivity index (χ2n) is 7.73. The van der Waals surface area contributed by atoms with Crippen LogP contribution in [0.2, 0.25) is 0 Å². The Hall–Kier alpha value is -2.07. The first-order chi connectivity index (χ1) is 12.6. The number of aliphatic hydroxyl groups excluding tert-OH is 1. The van der Waals surface area contributed by atoms with Crippen LogP contribution in [0.5, 0.6) is 5.75 Å². The highest BCUT2D eigenvalue weighted by atomic mass is 16.5. The fourth-order valence-corrected chi connectivity index (χ4v) is 4.50. The summed E-state index contributed by atoms with van der Waals surface area (Å²) in [5, 5.41) is 12.0. The number of carbonyl (C=O) groups is 1. The Balaban J connectivity index is 1.44. The zero-order valence-electron chi connectivity index (χ0n) is 15.4. The summed E-state index contributed by atoms with van der Waals surface area (Å²) in [6.45, 7) is 0.870. The molecule has 1 N–H and O–H groups in total. The molecule has 1 aliphatic heterocycles. The Morgan fingerprint density at radius 2 is 1.77 bits per heavy atom. The van der Waals surface area contributed by atoms with Crippen molar-refractivity contribution < 1.29 is 14.6 Å². The van der Waals surface area contributed by atoms with Crippen molar-refractivity contribution in [3.63, 3.8) is 0 Å². The van der Waals surface area contributed by atoms with E-state index in [1.165, 1.54) is 10.9 Å². The van der Waals surface area contributed by atoms with E-state index in [0.29, 0.717) is 11.9 Å². The van der Waals surface area contributed by atoms with Crippen LogP contribution >= 0.6 is 0 Å². The summed E-state index contributed by atoms with van der Waals surface area (Å²) >= 11 is 0. The Morgan fingerprint density at radius 1 is 1.04 bits per heavy atom. The van der Waals surface area contributed by atoms with E-state index in [9.17, 15) is 9.90 Å². The molecule has 1 amide bonds. The first-order valence-electron chi connectivity index (χ1n) is 9.69. The van der Waals surface area contributed by atoms with Crippen molar-refractivity contribution in [2.45, 2.75) is 50.7 Å². The molecule has 2 aromatic carbocycles. The van der Waals surface area contributed by atoms with Crippen LogP contribution in [-0.4, -0.2) is 41.7 Å². The van der Waals surface area contributed by atoms with Gasteiger partial charge in [0.15, 0.2) is 0 Å². The van der Waals surface area contributed by atoms with Crippen LogP contribution in [0.3, 0.4) is 0 Å². The third-order valence-electron chi connectivity index (χ3n) is 6.05. The molecule has 138 valence electrons. The molecule has 0 aromatic heterocycles. The van der Waals surface area contributed by atoms with E-state index in [4.69, 9.17) is 4.74 Å². The molecule has 0 radical (unpaired) electrons. The molecule has 0 spiro atoms. The van der Waals surface area contributed by atoms with Crippen molar-refractivity contribution in [3.8, 4) is 5.75 Å². The summed E-state index contributed by atoms with van der Waals surface area (Å²) in [6, 6.07) is 12.9. The van der Waals surface area contributed by atoms with Gasteiger partial charge in [0, 0.05) is 18.5 Å². The number of carbonyl (C=O) groups excluding carboxylic acids is 1. The number of amides is 1. The van der Waals surface area contributed by atoms with Crippen molar-refractivity contribution >= 4 is 16.7 Å². The van der Waals surface area contributed by atoms with Crippen molar-refractivity contribution in [2.75, 3.05) is 13.7 Å². The molecule has 2 aromatic rings. The number of nitrogens with zero attached hydrogens (tertiary/aromatic N) is 1. The SMILES string of the molecule is COc1ccc2cc(CC3CCN([C@H]4CC[C@@H](O)CC4)C3=O)ccc2c1. The van der Waals surface area contributed by atoms with Crippen molar-refractivity contribution in [2.24, 2.45) is 5.92 Å². The summed E-state index contributed by atoms with van der Waals surface area (Å²) in [4.78, 5) is 15.0. The number of likely N-dealkylation sites (tertiary alicyclic amines) is 1. The highest BCUT2D eigenvalue weighted by Gasteiger charge is 2.37. The van der Waals surface area contributed by atoms with Gasteiger partial charge in [-0.25, -0.2) is 0 Å². The first-order valence-corrected chi connectivity index (χ1v) is 9.69. The zero-order valence-corrected chi connectivity index (χ0v) is 15.4. The second-order valence-corrected chi connectivity index (χ2v) is 7.73. The average molecular weight is 353 g/mol. The van der Waals surface area contributed by atoms with Crippen LogP contribution < -0.4 is 4.74 Å². The van der Waals surface area contributed by atoms with E-state index in [1.54, 1.807) is 7.11 Å². The van der Waals surface area contributed by atoms with Gasteiger partial charge in [-0.2, -0.15) is 0 Å². The van der Waals surface area contributed by atoms with Crippen LogP contribution in [0, 0.1) is 5.92 Å². The standard InChI is InChI=1S/C22H27NO3/c1-26-21-9-4-16-12-15(2-3-17(16)14-21)13-18-10-11-23(22(18)25)19-5-7-20(24)8-6-19/h2-4,9,12,14,18-20,24H,5-8,10-11,13H2,1H3/t18?,19-,20+. The number of fused-ring (bicyclic) bond motifs is 1. The molecule has 2 fully saturated rings. The molecule has 2 aliphatic rings. The molecule has 1 atom stereocenters. The molecule has 4 nitrogen and oxygen atoms in total. The zero-order chi connectivity index (χ0) is 18.1. The third kappa shape index (κ3) is 3.43. The lowest BCUT2D eigenvalue weighted by Gasteiger charge is -2.33. The fraction of sp³-hybridized carbons (Fsp3) is 0.500. The predicted octanol–water partition coefficient (Wildman–Crippen LogP) is 3.54. The number of rotatable bonds is 4. The summed E-state index contributed by atoms with van der Waals surface area (Å²) < 4.78 is 5.28. The van der Waals surface area contributed by atoms with Crippen molar-refractivity contribution in [3.05, 3.63) is 42.0 Å². The maximum atomic E-state index is 12.9. The van der Waals surface area contributed by atoms with Crippen molar-refractivity contribution in [1.82, 2.24) is 4.90 Å². The highest BCUT2D eigenvalue weighted by molar-refractivity contribution is 5.85. The minimum absolute atomic E-state index is 0.0950. The van der Waals surface area contributed by atoms with E-state index in [1.807, 2.05) is 12.1 Å². The average Bonchev–Trinajstić information content (AvgIpc) is 3.02. The van der Waals surface area contributed by atoms with Gasteiger partial charge in [0.2, 0.25) is 5.91 Å². The molecular formula is C22H27NO3. The first kappa shape index (κ1) is 17.3. The number of benzene rings is 2. The van der Waals surface area contributed by atoms with Gasteiger partial charge in [-0.3, -0.25) is 4.79 Å². The summed E-state index contributed by atoms with van der Waals surface area (Å²) in [5.41, 5.74) is 1.22. The number of hydrogen-bond donors (Lipinski definition) is 1. The second kappa shape index (κ2) is 7.28. The van der Waals surface area contributed by atoms with Crippen LogP contribution in [0.1, 0.15) is 37.7 Å². The predicted molar refractivity (Wildman–Crippen MR) is 102 cm³/mol. The minimum Gasteiger partial charge on any atom is -0.497 e. The van der Waals surface area contributed by atoms with Crippen LogP contribution in [0.15, 0.2) is 36.4 Å². The highest BCUT2D eigenvalue weighted by Crippen LogP contribution is 2.31. The molecule has 26 heavy (non-hydrogen) atoms. The largest absolute Gasteiger partial charge is 0.497 e. The minimum atomic E-state index is -0.170. The van der Waals surface area contributed by atoms with Crippen LogP contribution in [0.4, 0.5) is 0 Å². The lowest BCUT2D eigenvalue weighted by molar-refractivity contribution is -0.133. The topological polar surface area (TPSA) is 49.8 Å². The molecule has 1 saturated heterocycles. The fourth-order valence-electron chi connectivity index (χ4n) is 4.50. The number of methoxy groups -OCH3 is 1. The smallest absolute Gasteiger partial charge is 0.226 e. The molecule has 1 aliphatic carbocycles. The summed E-state index contributed by atoms with van der Waals surface area (Å²) in [7, 11) is 1.68. The Labute approximate surface area is 154 Å². The van der Waals surface area contributed by atoms with Gasteiger partial charge in [-0.05, 0) is 67.0 Å². The van der Waals surface area contributed by atoms with E-state index in [2.05, 4.69) is 29.2 Å². The van der Waals surface area contributed by atoms with E-state index in [0.717, 1.165) is 56.2 Å². The van der Waals surface area contributed by atoms with Gasteiger partial charge >= 0.3 is 0 Å². The van der Waals surface area contributed by atoms with Gasteiger partial charge in [0.05, 0.1) is 13.2 Å². The van der Waals surface area contributed by atoms with Gasteiger partial charge < -0.3 is 14.7 Å².